The van der Waals surface area contributed by atoms with Crippen molar-refractivity contribution >= 4 is 18.3 Å². The van der Waals surface area contributed by atoms with Crippen LogP contribution in [-0.2, 0) is 0 Å². The van der Waals surface area contributed by atoms with Crippen LogP contribution in [0.25, 0.3) is 0 Å². The van der Waals surface area contributed by atoms with E-state index in [1.54, 1.807) is 18.3 Å². The van der Waals surface area contributed by atoms with Crippen molar-refractivity contribution in [2.24, 2.45) is 0 Å². The number of nitrogens with zero attached hydrogens (tertiary/aromatic N) is 1. The molecule has 0 aliphatic carbocycles. The fraction of sp³-hybridized carbons (Fsp3) is 0. The van der Waals surface area contributed by atoms with Gasteiger partial charge in [-0.25, -0.2) is 4.98 Å². The van der Waals surface area contributed by atoms with Crippen LogP contribution in [0.5, 0.6) is 11.6 Å². The van der Waals surface area contributed by atoms with Gasteiger partial charge in [0.25, 0.3) is 0 Å². The van der Waals surface area contributed by atoms with E-state index in [1.165, 1.54) is 0 Å². The minimum absolute atomic E-state index is 0.517. The van der Waals surface area contributed by atoms with Gasteiger partial charge >= 0.3 is 0 Å². The van der Waals surface area contributed by atoms with Gasteiger partial charge in [-0.15, -0.1) is 12.6 Å². The average Bonchev–Trinajstić information content (AvgIpc) is 2.22. The number of ether oxygens (including phenoxy) is 1. The molecule has 0 amide bonds. The minimum atomic E-state index is 0.517. The van der Waals surface area contributed by atoms with Gasteiger partial charge in [0.1, 0.15) is 5.75 Å². The highest BCUT2D eigenvalue weighted by atomic mass is 32.1. The smallest absolute Gasteiger partial charge is 0.219 e. The van der Waals surface area contributed by atoms with Gasteiger partial charge in [-0.05, 0) is 24.3 Å². The van der Waals surface area contributed by atoms with E-state index in [1.807, 2.05) is 24.3 Å². The second kappa shape index (κ2) is 4.23. The Morgan fingerprint density at radius 1 is 1.20 bits per heavy atom. The summed E-state index contributed by atoms with van der Waals surface area (Å²) < 4.78 is 5.50. The number of pyridine rings is 1. The Morgan fingerprint density at radius 3 is 2.73 bits per heavy atom. The summed E-state index contributed by atoms with van der Waals surface area (Å²) in [6, 6.07) is 10.9. The molecule has 0 bridgehead atoms. The van der Waals surface area contributed by atoms with Crippen molar-refractivity contribution < 1.29 is 4.74 Å². The number of anilines is 1. The van der Waals surface area contributed by atoms with E-state index >= 15 is 0 Å². The molecule has 0 saturated heterocycles. The van der Waals surface area contributed by atoms with Crippen molar-refractivity contribution in [1.29, 1.82) is 0 Å². The first kappa shape index (κ1) is 9.86. The average molecular weight is 218 g/mol. The number of hydrogen-bond donors (Lipinski definition) is 2. The van der Waals surface area contributed by atoms with Crippen molar-refractivity contribution in [1.82, 2.24) is 4.98 Å². The quantitative estimate of drug-likeness (QED) is 0.762. The SMILES string of the molecule is Nc1ccc(Oc2cccc(S)c2)nc1. The maximum absolute atomic E-state index is 5.51. The second-order valence-electron chi connectivity index (χ2n) is 3.03. The van der Waals surface area contributed by atoms with Crippen molar-refractivity contribution in [2.75, 3.05) is 5.73 Å². The Balaban J connectivity index is 2.18. The zero-order valence-electron chi connectivity index (χ0n) is 7.92. The number of nitrogen functional groups attached to an aromatic ring is 1. The molecule has 0 radical (unpaired) electrons. The minimum Gasteiger partial charge on any atom is -0.439 e. The number of benzene rings is 1. The number of nitrogens with two attached hydrogens (primary N) is 1. The predicted octanol–water partition coefficient (Wildman–Crippen LogP) is 2.74. The van der Waals surface area contributed by atoms with Crippen molar-refractivity contribution in [3.63, 3.8) is 0 Å². The topological polar surface area (TPSA) is 48.1 Å². The molecule has 1 heterocycles. The van der Waals surface area contributed by atoms with E-state index in [0.29, 0.717) is 17.3 Å². The molecule has 0 aliphatic rings. The fourth-order valence-electron chi connectivity index (χ4n) is 1.12. The van der Waals surface area contributed by atoms with Gasteiger partial charge < -0.3 is 10.5 Å². The molecule has 0 saturated carbocycles. The van der Waals surface area contributed by atoms with E-state index in [0.717, 1.165) is 4.90 Å². The summed E-state index contributed by atoms with van der Waals surface area (Å²) in [4.78, 5) is 4.88. The van der Waals surface area contributed by atoms with E-state index in [-0.39, 0.29) is 0 Å². The van der Waals surface area contributed by atoms with Crippen LogP contribution in [0.1, 0.15) is 0 Å². The molecule has 0 aliphatic heterocycles. The lowest BCUT2D eigenvalue weighted by molar-refractivity contribution is 0.462. The normalized spacial score (nSPS) is 9.93. The van der Waals surface area contributed by atoms with E-state index < -0.39 is 0 Å². The van der Waals surface area contributed by atoms with Crippen LogP contribution >= 0.6 is 12.6 Å². The molecule has 2 aromatic rings. The van der Waals surface area contributed by atoms with Crippen molar-refractivity contribution in [3.05, 3.63) is 42.6 Å². The molecule has 2 rings (SSSR count). The molecule has 1 aromatic carbocycles. The van der Waals surface area contributed by atoms with E-state index in [2.05, 4.69) is 17.6 Å². The van der Waals surface area contributed by atoms with Gasteiger partial charge in [-0.2, -0.15) is 0 Å². The predicted molar refractivity (Wildman–Crippen MR) is 62.4 cm³/mol. The lowest BCUT2D eigenvalue weighted by Crippen LogP contribution is -1.90. The van der Waals surface area contributed by atoms with Crippen LogP contribution < -0.4 is 10.5 Å². The molecule has 3 nitrogen and oxygen atoms in total. The summed E-state index contributed by atoms with van der Waals surface area (Å²) in [5.41, 5.74) is 6.13. The van der Waals surface area contributed by atoms with E-state index in [4.69, 9.17) is 10.5 Å². The number of aromatic nitrogens is 1. The third-order valence-corrected chi connectivity index (χ3v) is 2.08. The van der Waals surface area contributed by atoms with Crippen LogP contribution in [-0.4, -0.2) is 4.98 Å². The molecule has 1 aromatic heterocycles. The first-order chi connectivity index (χ1) is 7.24. The van der Waals surface area contributed by atoms with E-state index in [9.17, 15) is 0 Å². The number of hydrogen-bond acceptors (Lipinski definition) is 4. The Morgan fingerprint density at radius 2 is 2.07 bits per heavy atom. The summed E-state index contributed by atoms with van der Waals surface area (Å²) in [5, 5.41) is 0. The highest BCUT2D eigenvalue weighted by Gasteiger charge is 1.98. The molecule has 0 unspecified atom stereocenters. The van der Waals surface area contributed by atoms with Crippen molar-refractivity contribution in [2.45, 2.75) is 4.90 Å². The first-order valence-corrected chi connectivity index (χ1v) is 4.87. The Hall–Kier alpha value is -1.68. The van der Waals surface area contributed by atoms with Gasteiger partial charge in [0.15, 0.2) is 0 Å². The highest BCUT2D eigenvalue weighted by molar-refractivity contribution is 7.80. The van der Waals surface area contributed by atoms with Gasteiger partial charge in [-0.1, -0.05) is 6.07 Å². The third kappa shape index (κ3) is 2.63. The molecule has 15 heavy (non-hydrogen) atoms. The van der Waals surface area contributed by atoms with Gasteiger partial charge in [-0.3, -0.25) is 0 Å². The second-order valence-corrected chi connectivity index (χ2v) is 3.55. The Bertz CT molecular complexity index is 456. The summed E-state index contributed by atoms with van der Waals surface area (Å²) in [7, 11) is 0. The number of rotatable bonds is 2. The Kier molecular flexibility index (Phi) is 2.78. The van der Waals surface area contributed by atoms with Gasteiger partial charge in [0.05, 0.1) is 11.9 Å². The summed E-state index contributed by atoms with van der Waals surface area (Å²) in [6.07, 6.45) is 1.56. The zero-order chi connectivity index (χ0) is 10.7. The van der Waals surface area contributed by atoms with Crippen LogP contribution in [0.15, 0.2) is 47.5 Å². The molecular weight excluding hydrogens is 208 g/mol. The van der Waals surface area contributed by atoms with Crippen molar-refractivity contribution in [3.8, 4) is 11.6 Å². The molecule has 0 spiro atoms. The monoisotopic (exact) mass is 218 g/mol. The molecule has 4 heteroatoms. The first-order valence-electron chi connectivity index (χ1n) is 4.42. The molecule has 0 atom stereocenters. The maximum atomic E-state index is 5.51. The van der Waals surface area contributed by atoms with Gasteiger partial charge in [0.2, 0.25) is 5.88 Å². The lowest BCUT2D eigenvalue weighted by Gasteiger charge is -2.04. The summed E-state index contributed by atoms with van der Waals surface area (Å²) in [6.45, 7) is 0. The van der Waals surface area contributed by atoms with Gasteiger partial charge in [0, 0.05) is 11.0 Å². The maximum Gasteiger partial charge on any atom is 0.219 e. The lowest BCUT2D eigenvalue weighted by atomic mass is 10.3. The zero-order valence-corrected chi connectivity index (χ0v) is 8.82. The standard InChI is InChI=1S/C11H10N2OS/c12-8-4-5-11(13-7-8)14-9-2-1-3-10(15)6-9/h1-7,15H,12H2. The van der Waals surface area contributed by atoms with Crippen LogP contribution in [0.4, 0.5) is 5.69 Å². The fourth-order valence-corrected chi connectivity index (χ4v) is 1.33. The highest BCUT2D eigenvalue weighted by Crippen LogP contribution is 2.21. The van der Waals surface area contributed by atoms with Crippen LogP contribution in [0.3, 0.4) is 0 Å². The molecular formula is C11H10N2OS. The number of thiol groups is 1. The Labute approximate surface area is 93.3 Å². The summed E-state index contributed by atoms with van der Waals surface area (Å²) >= 11 is 4.22. The van der Waals surface area contributed by atoms with Crippen LogP contribution in [0.2, 0.25) is 0 Å². The third-order valence-electron chi connectivity index (χ3n) is 1.80. The van der Waals surface area contributed by atoms with Crippen LogP contribution in [0, 0.1) is 0 Å². The largest absolute Gasteiger partial charge is 0.439 e. The summed E-state index contributed by atoms with van der Waals surface area (Å²) in [5.74, 6) is 1.22. The molecule has 0 fully saturated rings. The molecule has 76 valence electrons. The molecule has 2 N–H and O–H groups in total.